The fourth-order valence-electron chi connectivity index (χ4n) is 2.90. The van der Waals surface area contributed by atoms with E-state index in [1.54, 1.807) is 29.0 Å². The van der Waals surface area contributed by atoms with E-state index in [1.807, 2.05) is 0 Å². The van der Waals surface area contributed by atoms with Crippen LogP contribution in [0.1, 0.15) is 29.6 Å². The van der Waals surface area contributed by atoms with Crippen LogP contribution >= 0.6 is 22.7 Å². The van der Waals surface area contributed by atoms with Crippen LogP contribution < -0.4 is 10.6 Å². The first-order valence-electron chi connectivity index (χ1n) is 8.11. The topological polar surface area (TPSA) is 95.6 Å². The molecule has 1 unspecified atom stereocenters. The Kier molecular flexibility index (Phi) is 5.76. The van der Waals surface area contributed by atoms with Crippen molar-refractivity contribution in [2.24, 2.45) is 0 Å². The Labute approximate surface area is 160 Å². The van der Waals surface area contributed by atoms with Crippen LogP contribution in [0.3, 0.4) is 0 Å². The summed E-state index contributed by atoms with van der Waals surface area (Å²) in [5.74, 6) is -0.703. The van der Waals surface area contributed by atoms with Gasteiger partial charge in [0, 0.05) is 13.6 Å². The highest BCUT2D eigenvalue weighted by molar-refractivity contribution is 7.91. The molecule has 0 bridgehead atoms. The summed E-state index contributed by atoms with van der Waals surface area (Å²) in [6.45, 7) is 0.311. The Morgan fingerprint density at radius 1 is 1.19 bits per heavy atom. The molecule has 2 aromatic rings. The fraction of sp³-hybridized carbons (Fsp3) is 0.375. The molecule has 140 valence electrons. The molecule has 0 aliphatic carbocycles. The number of hydrogen-bond donors (Lipinski definition) is 2. The number of amides is 2. The van der Waals surface area contributed by atoms with Crippen molar-refractivity contribution >= 4 is 49.5 Å². The first-order chi connectivity index (χ1) is 12.4. The van der Waals surface area contributed by atoms with Gasteiger partial charge in [-0.1, -0.05) is 12.5 Å². The van der Waals surface area contributed by atoms with Gasteiger partial charge in [-0.05, 0) is 35.7 Å². The largest absolute Gasteiger partial charge is 0.355 e. The predicted molar refractivity (Wildman–Crippen MR) is 102 cm³/mol. The Morgan fingerprint density at radius 2 is 2.00 bits per heavy atom. The van der Waals surface area contributed by atoms with Gasteiger partial charge in [-0.15, -0.1) is 22.7 Å². The molecule has 0 aromatic carbocycles. The Hall–Kier alpha value is -1.75. The average molecular weight is 414 g/mol. The molecular formula is C16H19N3O4S3. The molecule has 1 aliphatic heterocycles. The van der Waals surface area contributed by atoms with E-state index in [9.17, 15) is 18.0 Å². The summed E-state index contributed by atoms with van der Waals surface area (Å²) >= 11 is 2.37. The molecule has 3 rings (SSSR count). The zero-order valence-electron chi connectivity index (χ0n) is 14.1. The SMILES string of the molecule is CNC(=O)c1ccsc1NC(=O)C1CCCCN1S(=O)(=O)c1cccs1. The second-order valence-electron chi connectivity index (χ2n) is 5.79. The minimum atomic E-state index is -3.71. The van der Waals surface area contributed by atoms with Crippen LogP contribution in [0.25, 0.3) is 0 Å². The van der Waals surface area contributed by atoms with Gasteiger partial charge in [0.05, 0.1) is 5.56 Å². The lowest BCUT2D eigenvalue weighted by Gasteiger charge is -2.33. The minimum Gasteiger partial charge on any atom is -0.355 e. The highest BCUT2D eigenvalue weighted by Crippen LogP contribution is 2.30. The maximum atomic E-state index is 12.9. The van der Waals surface area contributed by atoms with Crippen molar-refractivity contribution in [2.75, 3.05) is 18.9 Å². The molecule has 0 saturated carbocycles. The molecule has 10 heteroatoms. The Morgan fingerprint density at radius 3 is 2.69 bits per heavy atom. The van der Waals surface area contributed by atoms with Crippen LogP contribution in [-0.4, -0.2) is 44.2 Å². The van der Waals surface area contributed by atoms with Crippen molar-refractivity contribution in [3.8, 4) is 0 Å². The van der Waals surface area contributed by atoms with Crippen LogP contribution in [0.4, 0.5) is 5.00 Å². The molecule has 2 N–H and O–H groups in total. The summed E-state index contributed by atoms with van der Waals surface area (Å²) in [6, 6.07) is 4.07. The molecule has 7 nitrogen and oxygen atoms in total. The molecule has 0 radical (unpaired) electrons. The number of nitrogens with one attached hydrogen (secondary N) is 2. The van der Waals surface area contributed by atoms with Gasteiger partial charge >= 0.3 is 0 Å². The molecule has 1 saturated heterocycles. The van der Waals surface area contributed by atoms with E-state index in [2.05, 4.69) is 10.6 Å². The molecule has 1 atom stereocenters. The van der Waals surface area contributed by atoms with Gasteiger partial charge in [0.2, 0.25) is 5.91 Å². The summed E-state index contributed by atoms with van der Waals surface area (Å²) in [5.41, 5.74) is 0.370. The second kappa shape index (κ2) is 7.87. The standard InChI is InChI=1S/C16H19N3O4S3/c1-17-14(20)11-7-10-25-16(11)18-15(21)12-5-2-3-8-19(12)26(22,23)13-6-4-9-24-13/h4,6-7,9-10,12H,2-3,5,8H2,1H3,(H,17,20)(H,18,21). The van der Waals surface area contributed by atoms with Gasteiger partial charge < -0.3 is 10.6 Å². The molecule has 2 amide bonds. The predicted octanol–water partition coefficient (Wildman–Crippen LogP) is 2.35. The van der Waals surface area contributed by atoms with E-state index in [4.69, 9.17) is 0 Å². The van der Waals surface area contributed by atoms with Crippen LogP contribution in [-0.2, 0) is 14.8 Å². The van der Waals surface area contributed by atoms with E-state index >= 15 is 0 Å². The van der Waals surface area contributed by atoms with Crippen LogP contribution in [0, 0.1) is 0 Å². The number of anilines is 1. The quantitative estimate of drug-likeness (QED) is 0.787. The lowest BCUT2D eigenvalue weighted by atomic mass is 10.0. The van der Waals surface area contributed by atoms with Crippen molar-refractivity contribution in [2.45, 2.75) is 29.5 Å². The number of carbonyl (C=O) groups is 2. The summed E-state index contributed by atoms with van der Waals surface area (Å²) in [7, 11) is -2.19. The van der Waals surface area contributed by atoms with Crippen molar-refractivity contribution in [3.05, 3.63) is 34.5 Å². The normalized spacial score (nSPS) is 18.4. The van der Waals surface area contributed by atoms with E-state index in [1.165, 1.54) is 22.7 Å². The summed E-state index contributed by atoms with van der Waals surface area (Å²) in [4.78, 5) is 24.7. The monoisotopic (exact) mass is 413 g/mol. The van der Waals surface area contributed by atoms with Crippen molar-refractivity contribution in [1.82, 2.24) is 9.62 Å². The Bertz CT molecular complexity index is 890. The number of thiophene rings is 2. The lowest BCUT2D eigenvalue weighted by Crippen LogP contribution is -2.49. The first kappa shape index (κ1) is 19.0. The minimum absolute atomic E-state index is 0.236. The third-order valence-corrected chi connectivity index (χ3v) is 8.30. The summed E-state index contributed by atoms with van der Waals surface area (Å²) in [6.07, 6.45) is 1.95. The summed E-state index contributed by atoms with van der Waals surface area (Å²) < 4.78 is 27.3. The van der Waals surface area contributed by atoms with Crippen LogP contribution in [0.15, 0.2) is 33.2 Å². The smallest absolute Gasteiger partial charge is 0.254 e. The highest BCUT2D eigenvalue weighted by Gasteiger charge is 2.38. The van der Waals surface area contributed by atoms with Crippen LogP contribution in [0.5, 0.6) is 0 Å². The molecule has 3 heterocycles. The number of nitrogens with zero attached hydrogens (tertiary/aromatic N) is 1. The lowest BCUT2D eigenvalue weighted by molar-refractivity contribution is -0.120. The Balaban J connectivity index is 1.83. The van der Waals surface area contributed by atoms with E-state index in [0.717, 1.165) is 24.2 Å². The third-order valence-electron chi connectivity index (χ3n) is 4.19. The van der Waals surface area contributed by atoms with Gasteiger partial charge in [0.1, 0.15) is 15.3 Å². The van der Waals surface area contributed by atoms with Gasteiger partial charge in [0.15, 0.2) is 0 Å². The molecule has 1 fully saturated rings. The number of rotatable bonds is 5. The number of sulfonamides is 1. The average Bonchev–Trinajstić information content (AvgIpc) is 3.33. The van der Waals surface area contributed by atoms with Gasteiger partial charge in [-0.25, -0.2) is 8.42 Å². The second-order valence-corrected chi connectivity index (χ2v) is 9.77. The zero-order chi connectivity index (χ0) is 18.7. The van der Waals surface area contributed by atoms with E-state index < -0.39 is 22.0 Å². The molecule has 26 heavy (non-hydrogen) atoms. The van der Waals surface area contributed by atoms with Gasteiger partial charge in [-0.3, -0.25) is 9.59 Å². The molecular weight excluding hydrogens is 394 g/mol. The number of hydrogen-bond acceptors (Lipinski definition) is 6. The van der Waals surface area contributed by atoms with Gasteiger partial charge in [-0.2, -0.15) is 4.31 Å². The number of piperidine rings is 1. The number of carbonyl (C=O) groups excluding carboxylic acids is 2. The highest BCUT2D eigenvalue weighted by atomic mass is 32.2. The molecule has 1 aliphatic rings. The summed E-state index contributed by atoms with van der Waals surface area (Å²) in [5, 5.41) is 9.10. The maximum absolute atomic E-state index is 12.9. The maximum Gasteiger partial charge on any atom is 0.254 e. The molecule has 2 aromatic heterocycles. The van der Waals surface area contributed by atoms with Crippen molar-refractivity contribution in [3.63, 3.8) is 0 Å². The van der Waals surface area contributed by atoms with Crippen molar-refractivity contribution in [1.29, 1.82) is 0 Å². The van der Waals surface area contributed by atoms with Gasteiger partial charge in [0.25, 0.3) is 15.9 Å². The zero-order valence-corrected chi connectivity index (χ0v) is 16.5. The molecule has 0 spiro atoms. The first-order valence-corrected chi connectivity index (χ1v) is 11.3. The van der Waals surface area contributed by atoms with E-state index in [0.29, 0.717) is 23.5 Å². The van der Waals surface area contributed by atoms with Crippen LogP contribution in [0.2, 0.25) is 0 Å². The third kappa shape index (κ3) is 3.68. The van der Waals surface area contributed by atoms with Crippen molar-refractivity contribution < 1.29 is 18.0 Å². The fourth-order valence-corrected chi connectivity index (χ4v) is 6.46. The van der Waals surface area contributed by atoms with E-state index in [-0.39, 0.29) is 10.1 Å².